The highest BCUT2D eigenvalue weighted by Gasteiger charge is 2.46. The van der Waals surface area contributed by atoms with Crippen molar-refractivity contribution >= 4 is 227 Å². The van der Waals surface area contributed by atoms with E-state index in [2.05, 4.69) is 439 Å². The summed E-state index contributed by atoms with van der Waals surface area (Å²) in [6.45, 7) is 7.30. The van der Waals surface area contributed by atoms with Crippen molar-refractivity contribution in [1.82, 2.24) is 0 Å². The van der Waals surface area contributed by atoms with Crippen molar-refractivity contribution in [3.63, 3.8) is 0 Å². The molecule has 16 aromatic carbocycles. The van der Waals surface area contributed by atoms with Crippen LogP contribution >= 0.6 is 145 Å². The average Bonchev–Trinajstić information content (AvgIpc) is 0.729. The molecule has 16 aromatic rings. The van der Waals surface area contributed by atoms with Crippen LogP contribution in [0, 0.1) is 0 Å². The second-order valence-corrected chi connectivity index (χ2v) is 51.0. The van der Waals surface area contributed by atoms with Crippen molar-refractivity contribution < 1.29 is 9.76 Å². The maximum Gasteiger partial charge on any atom is 0.372 e. The van der Waals surface area contributed by atoms with Gasteiger partial charge in [0.1, 0.15) is 0 Å². The van der Waals surface area contributed by atoms with Gasteiger partial charge in [0.2, 0.25) is 0 Å². The van der Waals surface area contributed by atoms with Gasteiger partial charge in [-0.3, -0.25) is 0 Å². The Morgan fingerprint density at radius 3 is 0.780 bits per heavy atom. The van der Waals surface area contributed by atoms with Crippen molar-refractivity contribution in [1.29, 1.82) is 0 Å². The van der Waals surface area contributed by atoms with Crippen LogP contribution < -0.4 is 52.1 Å². The fourth-order valence-electron chi connectivity index (χ4n) is 14.1. The molecule has 0 saturated heterocycles. The fraction of sp³-hybridized carbons (Fsp3) is 0.0588. The zero-order valence-corrected chi connectivity index (χ0v) is 81.4. The number of halogens is 10. The van der Waals surface area contributed by atoms with Crippen LogP contribution in [0.2, 0.25) is 0 Å². The highest BCUT2D eigenvalue weighted by atomic mass is 79.9. The third-order valence-corrected chi connectivity index (χ3v) is 39.0. The average molecular weight is 2100 g/mol. The maximum atomic E-state index is 10.3. The molecule has 0 fully saturated rings. The summed E-state index contributed by atoms with van der Waals surface area (Å²) >= 11 is 43.3. The Balaban J connectivity index is 0.000000152. The van der Waals surface area contributed by atoms with E-state index < -0.39 is 33.4 Å². The fourth-order valence-corrected chi connectivity index (χ4v) is 31.9. The van der Waals surface area contributed by atoms with E-state index in [0.717, 1.165) is 64.2 Å². The minimum Gasteiger partial charge on any atom is -0.427 e. The molecule has 0 aliphatic rings. The lowest BCUT2D eigenvalue weighted by molar-refractivity contribution is -0.0893. The van der Waals surface area contributed by atoms with E-state index in [4.69, 9.17) is 37.9 Å². The van der Waals surface area contributed by atoms with Crippen LogP contribution in [0.5, 0.6) is 0 Å². The molecular formula is C102H82BBr7Cl3O2Si3. The Kier molecular flexibility index (Phi) is 32.1. The molecule has 0 aliphatic carbocycles. The molecule has 16 rings (SSSR count). The Morgan fingerprint density at radius 2 is 0.492 bits per heavy atom. The summed E-state index contributed by atoms with van der Waals surface area (Å²) in [5, 5.41) is 21.9. The number of rotatable bonds is 18. The first-order valence-corrected chi connectivity index (χ1v) is 52.8. The molecule has 0 saturated carbocycles. The molecule has 0 spiro atoms. The third-order valence-electron chi connectivity index (χ3n) is 20.6. The van der Waals surface area contributed by atoms with Gasteiger partial charge in [-0.05, 0) is 209 Å². The van der Waals surface area contributed by atoms with E-state index in [9.17, 15) is 5.11 Å². The monoisotopic (exact) mass is 2090 g/mol. The van der Waals surface area contributed by atoms with E-state index in [1.54, 1.807) is 21.3 Å². The Hall–Kier alpha value is -7.61. The third kappa shape index (κ3) is 22.6. The molecule has 1 radical (unpaired) electrons. The summed E-state index contributed by atoms with van der Waals surface area (Å²) < 4.78 is 13.8. The lowest BCUT2D eigenvalue weighted by Gasteiger charge is -2.37. The molecular weight excluding hydrogens is 2020 g/mol. The van der Waals surface area contributed by atoms with Gasteiger partial charge in [0.25, 0.3) is 0 Å². The number of hydrogen-bond donors (Lipinski definition) is 1. The number of aliphatic hydroxyl groups is 1. The zero-order valence-electron chi connectivity index (χ0n) is 65.0. The van der Waals surface area contributed by atoms with E-state index in [1.165, 1.54) is 74.9 Å². The SMILES string of the molecule is Brc1cccc(Br)c1.Brc1cccc([Si](c2ccccc2)(c2ccccc2Br)c2ccccc2Br)c1.Brc1ccccc1[Si](c1ccccc1)(c1cccc(-c2cc(-c3ccccc3)cc(-c3ccccc3)c2)c1)c1ccccc1Br.CC(C)(O)C(C)(C)O[B]c1cc(-c2ccccc2)cc(-c2ccccc2)c1.Cl[Si](Cl)(Cl)c1ccccc1. The summed E-state index contributed by atoms with van der Waals surface area (Å²) in [7, 11) is -3.60. The van der Waals surface area contributed by atoms with Crippen LogP contribution in [-0.4, -0.2) is 45.9 Å². The topological polar surface area (TPSA) is 29.5 Å². The molecule has 1 N–H and O–H groups in total. The van der Waals surface area contributed by atoms with Gasteiger partial charge in [-0.2, -0.15) is 0 Å². The summed E-state index contributed by atoms with van der Waals surface area (Å²) in [6.07, 6.45) is 0. The van der Waals surface area contributed by atoms with Gasteiger partial charge < -0.3 is 9.76 Å². The lowest BCUT2D eigenvalue weighted by Crippen LogP contribution is -2.75. The first kappa shape index (κ1) is 89.6. The molecule has 0 aromatic heterocycles. The molecule has 2 nitrogen and oxygen atoms in total. The molecule has 0 amide bonds. The van der Waals surface area contributed by atoms with Gasteiger partial charge in [0.05, 0.1) is 11.2 Å². The Bertz CT molecular complexity index is 5710. The minimum atomic E-state index is -2.80. The van der Waals surface area contributed by atoms with Gasteiger partial charge in [0, 0.05) is 31.3 Å². The Labute approximate surface area is 772 Å². The predicted molar refractivity (Wildman–Crippen MR) is 540 cm³/mol. The first-order chi connectivity index (χ1) is 56.9. The van der Waals surface area contributed by atoms with E-state index in [0.29, 0.717) is 0 Å². The molecule has 0 atom stereocenters. The van der Waals surface area contributed by atoms with E-state index in [1.807, 2.05) is 105 Å². The van der Waals surface area contributed by atoms with Gasteiger partial charge in [-0.25, -0.2) is 0 Å². The largest absolute Gasteiger partial charge is 0.427 e. The smallest absolute Gasteiger partial charge is 0.372 e. The highest BCUT2D eigenvalue weighted by Crippen LogP contribution is 2.35. The quantitative estimate of drug-likeness (QED) is 0.0527. The van der Waals surface area contributed by atoms with Crippen molar-refractivity contribution in [3.05, 3.63) is 450 Å². The van der Waals surface area contributed by atoms with E-state index in [-0.39, 0.29) is 0 Å². The van der Waals surface area contributed by atoms with E-state index >= 15 is 0 Å². The normalized spacial score (nSPS) is 11.4. The standard InChI is InChI=1S/C42H30Br2Si.C24H26BO2.C24H17Br3Si.C6H4Br2.C6H5Cl3Si/c43-39-23-10-12-25-41(39)45(37-20-8-3-9-21-37,42-26-13-11-24-40(42)44)38-22-14-19-33(30-38)36-28-34(31-15-4-1-5-16-31)27-35(29-36)32-17-6-2-7-18-32;1-23(2,26)24(3,4)27-25-22-16-20(18-11-7-5-8-12-18)15-21(17-22)19-13-9-6-10-14-19;25-18-9-8-12-20(17-18)28(19-10-2-1-3-11-19,23-15-6-4-13-21(23)26)24-16-7-5-14-22(24)27;7-5-2-1-3-6(8)4-5;7-10(8,9)6-4-2-1-3-5-6/h1-30H;5-17,26H,1-4H3;1-17H;1-4H;1-5H. The van der Waals surface area contributed by atoms with Crippen LogP contribution in [0.25, 0.3) is 55.6 Å². The number of benzene rings is 16. The summed E-state index contributed by atoms with van der Waals surface area (Å²) in [5.74, 6) is 0. The van der Waals surface area contributed by atoms with Crippen molar-refractivity contribution in [2.75, 3.05) is 0 Å². The van der Waals surface area contributed by atoms with Crippen molar-refractivity contribution in [2.24, 2.45) is 0 Å². The van der Waals surface area contributed by atoms with Gasteiger partial charge in [-0.1, -0.05) is 457 Å². The van der Waals surface area contributed by atoms with Crippen LogP contribution in [0.3, 0.4) is 0 Å². The van der Waals surface area contributed by atoms with Crippen LogP contribution in [0.1, 0.15) is 27.7 Å². The predicted octanol–water partition coefficient (Wildman–Crippen LogP) is 25.5. The van der Waals surface area contributed by atoms with Crippen LogP contribution in [-0.2, 0) is 4.65 Å². The second-order valence-electron chi connectivity index (χ2n) is 29.0. The molecule has 0 bridgehead atoms. The molecule has 0 aliphatic heterocycles. The lowest BCUT2D eigenvalue weighted by atomic mass is 9.80. The summed E-state index contributed by atoms with van der Waals surface area (Å²) in [4.78, 5) is 0. The first-order valence-electron chi connectivity index (χ1n) is 38.2. The molecule has 0 heterocycles. The molecule has 118 heavy (non-hydrogen) atoms. The van der Waals surface area contributed by atoms with Gasteiger partial charge >= 0.3 is 13.5 Å². The summed E-state index contributed by atoms with van der Waals surface area (Å²) in [6, 6.07) is 145. The maximum absolute atomic E-state index is 10.3. The highest BCUT2D eigenvalue weighted by molar-refractivity contribution is 9.11. The van der Waals surface area contributed by atoms with Crippen molar-refractivity contribution in [2.45, 2.75) is 38.9 Å². The molecule has 587 valence electrons. The molecule has 0 unspecified atom stereocenters. The van der Waals surface area contributed by atoms with Crippen LogP contribution in [0.4, 0.5) is 0 Å². The Morgan fingerprint density at radius 1 is 0.246 bits per heavy atom. The molecule has 16 heteroatoms. The van der Waals surface area contributed by atoms with Crippen molar-refractivity contribution in [3.8, 4) is 55.6 Å². The number of hydrogen-bond acceptors (Lipinski definition) is 2. The second kappa shape index (κ2) is 42.3. The minimum absolute atomic E-state index is 0.706. The summed E-state index contributed by atoms with van der Waals surface area (Å²) in [5.41, 5.74) is 11.1. The van der Waals surface area contributed by atoms with Crippen LogP contribution in [0.15, 0.2) is 450 Å². The van der Waals surface area contributed by atoms with Gasteiger partial charge in [-0.15, -0.1) is 33.2 Å². The zero-order chi connectivity index (χ0) is 83.3. The van der Waals surface area contributed by atoms with Gasteiger partial charge in [0.15, 0.2) is 16.1 Å².